The fraction of sp³-hybridized carbons (Fsp3) is 0.0667. The third-order valence-corrected chi connectivity index (χ3v) is 3.85. The Bertz CT molecular complexity index is 739. The highest BCUT2D eigenvalue weighted by atomic mass is 35.5. The van der Waals surface area contributed by atoms with Crippen LogP contribution in [0.2, 0.25) is 15.1 Å². The maximum Gasteiger partial charge on any atom is 0.139 e. The first-order valence-electron chi connectivity index (χ1n) is 6.45. The molecule has 0 aliphatic rings. The van der Waals surface area contributed by atoms with Gasteiger partial charge in [0.05, 0.1) is 11.2 Å². The van der Waals surface area contributed by atoms with Crippen LogP contribution in [0, 0.1) is 5.41 Å². The molecule has 0 saturated carbocycles. The summed E-state index contributed by atoms with van der Waals surface area (Å²) >= 11 is 18.3. The number of benzene rings is 2. The average Bonchev–Trinajstić information content (AvgIpc) is 2.55. The van der Waals surface area contributed by atoms with Crippen molar-refractivity contribution in [2.24, 2.45) is 10.9 Å². The Morgan fingerprint density at radius 2 is 1.96 bits per heavy atom. The van der Waals surface area contributed by atoms with E-state index >= 15 is 0 Å². The van der Waals surface area contributed by atoms with Gasteiger partial charge in [-0.2, -0.15) is 10.2 Å². The van der Waals surface area contributed by atoms with E-state index in [-0.39, 0.29) is 19.0 Å². The van der Waals surface area contributed by atoms with Gasteiger partial charge in [-0.15, -0.1) is 12.4 Å². The molecule has 0 aliphatic carbocycles. The van der Waals surface area contributed by atoms with Crippen LogP contribution in [0.15, 0.2) is 41.5 Å². The Hall–Kier alpha value is -1.50. The molecule has 2 rings (SSSR count). The normalized spacial score (nSPS) is 10.3. The van der Waals surface area contributed by atoms with Crippen molar-refractivity contribution in [1.82, 2.24) is 5.12 Å². The zero-order chi connectivity index (χ0) is 16.8. The van der Waals surface area contributed by atoms with Gasteiger partial charge in [0.25, 0.3) is 0 Å². The maximum absolute atomic E-state index is 6.95. The molecule has 0 unspecified atom stereocenters. The van der Waals surface area contributed by atoms with Gasteiger partial charge in [-0.3, -0.25) is 5.41 Å². The summed E-state index contributed by atoms with van der Waals surface area (Å²) < 4.78 is 5.71. The van der Waals surface area contributed by atoms with Gasteiger partial charge in [0.15, 0.2) is 0 Å². The Morgan fingerprint density at radius 3 is 2.67 bits per heavy atom. The molecule has 2 aromatic carbocycles. The average molecular weight is 408 g/mol. The lowest BCUT2D eigenvalue weighted by molar-refractivity contribution is 0.306. The molecule has 0 fully saturated rings. The van der Waals surface area contributed by atoms with Crippen molar-refractivity contribution < 1.29 is 4.74 Å². The minimum Gasteiger partial charge on any atom is -0.487 e. The lowest BCUT2D eigenvalue weighted by atomic mass is 10.2. The molecule has 128 valence electrons. The van der Waals surface area contributed by atoms with Crippen molar-refractivity contribution in [3.63, 3.8) is 0 Å². The third kappa shape index (κ3) is 5.54. The summed E-state index contributed by atoms with van der Waals surface area (Å²) in [6.45, 7) is 0.225. The van der Waals surface area contributed by atoms with Crippen LogP contribution in [-0.4, -0.2) is 17.7 Å². The van der Waals surface area contributed by atoms with Crippen molar-refractivity contribution in [2.45, 2.75) is 6.61 Å². The van der Waals surface area contributed by atoms with E-state index in [1.54, 1.807) is 36.4 Å². The van der Waals surface area contributed by atoms with Crippen molar-refractivity contribution in [2.75, 3.05) is 0 Å². The second-order valence-corrected chi connectivity index (χ2v) is 5.66. The summed E-state index contributed by atoms with van der Waals surface area (Å²) in [5.74, 6) is 5.84. The van der Waals surface area contributed by atoms with Crippen LogP contribution in [0.4, 0.5) is 0 Å². The molecular formula is C15H14Cl4N4O. The smallest absolute Gasteiger partial charge is 0.139 e. The second-order valence-electron chi connectivity index (χ2n) is 4.44. The van der Waals surface area contributed by atoms with E-state index < -0.39 is 0 Å². The van der Waals surface area contributed by atoms with E-state index in [2.05, 4.69) is 5.10 Å². The fourth-order valence-electron chi connectivity index (χ4n) is 1.71. The van der Waals surface area contributed by atoms with E-state index in [1.807, 2.05) is 0 Å². The lowest BCUT2D eigenvalue weighted by Gasteiger charge is -2.11. The zero-order valence-electron chi connectivity index (χ0n) is 12.2. The van der Waals surface area contributed by atoms with Crippen LogP contribution in [0.1, 0.15) is 11.1 Å². The van der Waals surface area contributed by atoms with Crippen molar-refractivity contribution >= 4 is 59.8 Å². The number of nitrogens with two attached hydrogens (primary N) is 1. The Labute approximate surface area is 160 Å². The molecule has 5 nitrogen and oxygen atoms in total. The number of nitrogens with zero attached hydrogens (tertiary/aromatic N) is 2. The summed E-state index contributed by atoms with van der Waals surface area (Å²) in [4.78, 5) is 0. The predicted molar refractivity (Wildman–Crippen MR) is 102 cm³/mol. The van der Waals surface area contributed by atoms with E-state index in [1.165, 1.54) is 6.21 Å². The number of nitrogens with one attached hydrogen (secondary N) is 1. The molecule has 0 atom stereocenters. The van der Waals surface area contributed by atoms with Gasteiger partial charge in [0.2, 0.25) is 0 Å². The summed E-state index contributed by atoms with van der Waals surface area (Å²) in [5.41, 5.74) is 1.37. The first-order valence-corrected chi connectivity index (χ1v) is 7.58. The third-order valence-electron chi connectivity index (χ3n) is 2.85. The lowest BCUT2D eigenvalue weighted by Crippen LogP contribution is -2.22. The van der Waals surface area contributed by atoms with Crippen molar-refractivity contribution in [3.05, 3.63) is 62.6 Å². The maximum atomic E-state index is 6.95. The predicted octanol–water partition coefficient (Wildman–Crippen LogP) is 4.76. The molecule has 0 aromatic heterocycles. The number of hydrogen-bond donors (Lipinski definition) is 2. The molecule has 0 heterocycles. The van der Waals surface area contributed by atoms with Crippen molar-refractivity contribution in [3.8, 4) is 5.75 Å². The highest BCUT2D eigenvalue weighted by Gasteiger charge is 2.08. The quantitative estimate of drug-likeness (QED) is 0.313. The molecule has 2 aromatic rings. The Kier molecular flexibility index (Phi) is 8.31. The number of hydrogen-bond acceptors (Lipinski definition) is 4. The Morgan fingerprint density at radius 1 is 1.21 bits per heavy atom. The van der Waals surface area contributed by atoms with Crippen LogP contribution in [0.3, 0.4) is 0 Å². The molecule has 24 heavy (non-hydrogen) atoms. The molecule has 0 bridgehead atoms. The standard InChI is InChI=1S/C15H13Cl3N4O.ClH/c16-12-4-5-13(17)11(6-12)8-23-14-3-1-2-10(15(14)18)7-21-22(20)9-19;/h1-7,9,19H,8,20H2;1H/b19-9?,21-7+;. The minimum absolute atomic E-state index is 0. The highest BCUT2D eigenvalue weighted by molar-refractivity contribution is 6.34. The monoisotopic (exact) mass is 406 g/mol. The summed E-state index contributed by atoms with van der Waals surface area (Å²) in [5, 5.41) is 13.2. The minimum atomic E-state index is 0. The van der Waals surface area contributed by atoms with Crippen LogP contribution in [0.25, 0.3) is 0 Å². The van der Waals surface area contributed by atoms with E-state index in [4.69, 9.17) is 50.8 Å². The zero-order valence-corrected chi connectivity index (χ0v) is 15.3. The fourth-order valence-corrected chi connectivity index (χ4v) is 2.31. The summed E-state index contributed by atoms with van der Waals surface area (Å²) in [7, 11) is 0. The van der Waals surface area contributed by atoms with Crippen LogP contribution < -0.4 is 10.6 Å². The summed E-state index contributed by atoms with van der Waals surface area (Å²) in [6.07, 6.45) is 2.30. The molecule has 0 amide bonds. The molecular weight excluding hydrogens is 394 g/mol. The molecule has 3 N–H and O–H groups in total. The topological polar surface area (TPSA) is 74.7 Å². The Balaban J connectivity index is 0.00000288. The number of ether oxygens (including phenoxy) is 1. The van der Waals surface area contributed by atoms with Gasteiger partial charge in [0.1, 0.15) is 18.7 Å². The van der Waals surface area contributed by atoms with Gasteiger partial charge < -0.3 is 4.74 Å². The van der Waals surface area contributed by atoms with Crippen LogP contribution in [-0.2, 0) is 6.61 Å². The van der Waals surface area contributed by atoms with E-state index in [9.17, 15) is 0 Å². The molecule has 0 radical (unpaired) electrons. The van der Waals surface area contributed by atoms with Gasteiger partial charge >= 0.3 is 0 Å². The number of rotatable bonds is 6. The molecule has 9 heteroatoms. The van der Waals surface area contributed by atoms with Crippen molar-refractivity contribution in [1.29, 1.82) is 5.41 Å². The number of hydrazone groups is 1. The highest BCUT2D eigenvalue weighted by Crippen LogP contribution is 2.29. The largest absolute Gasteiger partial charge is 0.487 e. The first kappa shape index (κ1) is 20.5. The first-order chi connectivity index (χ1) is 11.0. The molecule has 0 aliphatic heterocycles. The van der Waals surface area contributed by atoms with Gasteiger partial charge in [-0.25, -0.2) is 5.84 Å². The van der Waals surface area contributed by atoms with Crippen LogP contribution >= 0.6 is 47.2 Å². The van der Waals surface area contributed by atoms with Gasteiger partial charge in [-0.1, -0.05) is 46.9 Å². The van der Waals surface area contributed by atoms with Gasteiger partial charge in [0, 0.05) is 21.2 Å². The van der Waals surface area contributed by atoms with E-state index in [0.717, 1.165) is 17.0 Å². The number of halogens is 4. The molecule has 0 spiro atoms. The molecule has 0 saturated heterocycles. The van der Waals surface area contributed by atoms with Crippen LogP contribution in [0.5, 0.6) is 5.75 Å². The number of hydrazine groups is 1. The van der Waals surface area contributed by atoms with E-state index in [0.29, 0.717) is 26.4 Å². The summed E-state index contributed by atoms with van der Waals surface area (Å²) in [6, 6.07) is 10.4. The second kappa shape index (κ2) is 9.71. The SMILES string of the molecule is Cl.N=CN(N)/N=C/c1cccc(OCc2cc(Cl)ccc2Cl)c1Cl. The van der Waals surface area contributed by atoms with Gasteiger partial charge in [-0.05, 0) is 24.3 Å².